The standard InChI is InChI=1S/C22H40N2O12/c1-4-19(25)34-16-18(36-20(26)5-2)17-35-22(28)24-7-9-31-13-12-30-8-6-23-21(27)33-15-14-32-11-10-29-3/h18H,4-17H2,1-3H3,(H,23,27)(H,24,28)/t18-/m1/s1. The lowest BCUT2D eigenvalue weighted by Crippen LogP contribution is -2.34. The van der Waals surface area contributed by atoms with Gasteiger partial charge in [-0.2, -0.15) is 0 Å². The summed E-state index contributed by atoms with van der Waals surface area (Å²) in [5, 5.41) is 5.02. The normalized spacial score (nSPS) is 11.3. The summed E-state index contributed by atoms with van der Waals surface area (Å²) in [6.45, 7) is 5.72. The maximum Gasteiger partial charge on any atom is 0.407 e. The number of ether oxygens (including phenoxy) is 8. The molecule has 0 aliphatic heterocycles. The molecule has 2 amide bonds. The molecule has 0 heterocycles. The lowest BCUT2D eigenvalue weighted by molar-refractivity contribution is -0.161. The Balaban J connectivity index is 3.67. The number of hydrogen-bond donors (Lipinski definition) is 2. The van der Waals surface area contributed by atoms with Crippen molar-refractivity contribution in [2.45, 2.75) is 32.8 Å². The van der Waals surface area contributed by atoms with Crippen molar-refractivity contribution in [1.29, 1.82) is 0 Å². The van der Waals surface area contributed by atoms with Gasteiger partial charge in [-0.3, -0.25) is 9.59 Å². The Bertz CT molecular complexity index is 606. The van der Waals surface area contributed by atoms with Crippen molar-refractivity contribution in [2.75, 3.05) is 86.3 Å². The Morgan fingerprint density at radius 3 is 1.69 bits per heavy atom. The number of rotatable bonds is 22. The number of esters is 2. The van der Waals surface area contributed by atoms with Gasteiger partial charge in [-0.1, -0.05) is 13.8 Å². The molecule has 0 bridgehead atoms. The van der Waals surface area contributed by atoms with E-state index in [4.69, 9.17) is 37.9 Å². The lowest BCUT2D eigenvalue weighted by atomic mass is 10.4. The summed E-state index contributed by atoms with van der Waals surface area (Å²) >= 11 is 0. The van der Waals surface area contributed by atoms with Crippen molar-refractivity contribution in [3.8, 4) is 0 Å². The van der Waals surface area contributed by atoms with Crippen LogP contribution in [0.3, 0.4) is 0 Å². The van der Waals surface area contributed by atoms with E-state index in [2.05, 4.69) is 10.6 Å². The molecule has 36 heavy (non-hydrogen) atoms. The van der Waals surface area contributed by atoms with Crippen LogP contribution in [0.1, 0.15) is 26.7 Å². The van der Waals surface area contributed by atoms with E-state index in [0.29, 0.717) is 26.4 Å². The lowest BCUT2D eigenvalue weighted by Gasteiger charge is -2.17. The van der Waals surface area contributed by atoms with Crippen LogP contribution < -0.4 is 10.6 Å². The molecule has 210 valence electrons. The highest BCUT2D eigenvalue weighted by atomic mass is 16.6. The zero-order chi connectivity index (χ0) is 26.9. The second-order valence-electron chi connectivity index (χ2n) is 6.92. The molecule has 0 rings (SSSR count). The van der Waals surface area contributed by atoms with Crippen molar-refractivity contribution in [3.05, 3.63) is 0 Å². The zero-order valence-electron chi connectivity index (χ0n) is 21.4. The Kier molecular flexibility index (Phi) is 22.2. The van der Waals surface area contributed by atoms with Crippen LogP contribution in [0.2, 0.25) is 0 Å². The van der Waals surface area contributed by atoms with Crippen LogP contribution in [0.25, 0.3) is 0 Å². The van der Waals surface area contributed by atoms with Crippen molar-refractivity contribution in [3.63, 3.8) is 0 Å². The predicted octanol–water partition coefficient (Wildman–Crippen LogP) is 0.410. The smallest absolute Gasteiger partial charge is 0.407 e. The van der Waals surface area contributed by atoms with Gasteiger partial charge in [0.25, 0.3) is 0 Å². The predicted molar refractivity (Wildman–Crippen MR) is 124 cm³/mol. The van der Waals surface area contributed by atoms with Gasteiger partial charge in [0.1, 0.15) is 19.8 Å². The van der Waals surface area contributed by atoms with E-state index in [0.717, 1.165) is 0 Å². The molecule has 0 aromatic heterocycles. The Morgan fingerprint density at radius 1 is 0.611 bits per heavy atom. The second kappa shape index (κ2) is 24.0. The third kappa shape index (κ3) is 21.8. The Labute approximate surface area is 211 Å². The minimum Gasteiger partial charge on any atom is -0.462 e. The summed E-state index contributed by atoms with van der Waals surface area (Å²) in [5.74, 6) is -0.949. The van der Waals surface area contributed by atoms with Gasteiger partial charge in [-0.15, -0.1) is 0 Å². The fraction of sp³-hybridized carbons (Fsp3) is 0.818. The van der Waals surface area contributed by atoms with E-state index in [1.807, 2.05) is 0 Å². The van der Waals surface area contributed by atoms with Crippen LogP contribution in [-0.4, -0.2) is 116 Å². The number of hydrogen-bond acceptors (Lipinski definition) is 12. The maximum atomic E-state index is 11.8. The third-order valence-corrected chi connectivity index (χ3v) is 4.00. The third-order valence-electron chi connectivity index (χ3n) is 4.00. The highest BCUT2D eigenvalue weighted by Crippen LogP contribution is 2.00. The average molecular weight is 525 g/mol. The molecule has 14 nitrogen and oxygen atoms in total. The molecule has 0 unspecified atom stereocenters. The van der Waals surface area contributed by atoms with Gasteiger partial charge in [0.15, 0.2) is 6.10 Å². The van der Waals surface area contributed by atoms with Gasteiger partial charge in [0.05, 0.1) is 46.2 Å². The van der Waals surface area contributed by atoms with Crippen LogP contribution in [0.15, 0.2) is 0 Å². The molecule has 0 radical (unpaired) electrons. The first kappa shape index (κ1) is 33.3. The number of nitrogens with one attached hydrogen (secondary N) is 2. The largest absolute Gasteiger partial charge is 0.462 e. The van der Waals surface area contributed by atoms with Crippen molar-refractivity contribution < 1.29 is 57.1 Å². The highest BCUT2D eigenvalue weighted by Gasteiger charge is 2.18. The van der Waals surface area contributed by atoms with Crippen molar-refractivity contribution >= 4 is 24.1 Å². The second-order valence-corrected chi connectivity index (χ2v) is 6.92. The van der Waals surface area contributed by atoms with Crippen LogP contribution in [0.4, 0.5) is 9.59 Å². The summed E-state index contributed by atoms with van der Waals surface area (Å²) in [6, 6.07) is 0. The van der Waals surface area contributed by atoms with E-state index in [1.165, 1.54) is 0 Å². The van der Waals surface area contributed by atoms with Crippen molar-refractivity contribution in [2.24, 2.45) is 0 Å². The van der Waals surface area contributed by atoms with Crippen LogP contribution in [0, 0.1) is 0 Å². The first-order valence-electron chi connectivity index (χ1n) is 11.8. The number of methoxy groups -OCH3 is 1. The summed E-state index contributed by atoms with van der Waals surface area (Å²) < 4.78 is 40.6. The molecule has 2 N–H and O–H groups in total. The maximum absolute atomic E-state index is 11.8. The van der Waals surface area contributed by atoms with E-state index in [9.17, 15) is 19.2 Å². The zero-order valence-corrected chi connectivity index (χ0v) is 21.4. The number of carbonyl (C=O) groups is 4. The first-order valence-corrected chi connectivity index (χ1v) is 11.8. The molecule has 0 aliphatic carbocycles. The summed E-state index contributed by atoms with van der Waals surface area (Å²) in [4.78, 5) is 45.9. The van der Waals surface area contributed by atoms with Gasteiger partial charge in [0.2, 0.25) is 0 Å². The minimum atomic E-state index is -0.886. The van der Waals surface area contributed by atoms with E-state index < -0.39 is 30.2 Å². The molecule has 0 aromatic rings. The number of amides is 2. The quantitative estimate of drug-likeness (QED) is 0.114. The Morgan fingerprint density at radius 2 is 1.11 bits per heavy atom. The van der Waals surface area contributed by atoms with Gasteiger partial charge in [0, 0.05) is 33.0 Å². The molecular formula is C22H40N2O12. The van der Waals surface area contributed by atoms with Crippen LogP contribution >= 0.6 is 0 Å². The monoisotopic (exact) mass is 524 g/mol. The molecular weight excluding hydrogens is 484 g/mol. The molecule has 0 spiro atoms. The van der Waals surface area contributed by atoms with E-state index in [-0.39, 0.29) is 65.6 Å². The number of carbonyl (C=O) groups excluding carboxylic acids is 4. The molecule has 0 aromatic carbocycles. The van der Waals surface area contributed by atoms with Gasteiger partial charge in [-0.25, -0.2) is 9.59 Å². The van der Waals surface area contributed by atoms with Gasteiger partial charge >= 0.3 is 24.1 Å². The van der Waals surface area contributed by atoms with Crippen LogP contribution in [0.5, 0.6) is 0 Å². The van der Waals surface area contributed by atoms with E-state index in [1.54, 1.807) is 21.0 Å². The Hall–Kier alpha value is -2.68. The van der Waals surface area contributed by atoms with E-state index >= 15 is 0 Å². The van der Waals surface area contributed by atoms with Crippen molar-refractivity contribution in [1.82, 2.24) is 10.6 Å². The highest BCUT2D eigenvalue weighted by molar-refractivity contribution is 5.70. The number of alkyl carbamates (subject to hydrolysis) is 2. The summed E-state index contributed by atoms with van der Waals surface area (Å²) in [6.07, 6.45) is -1.85. The summed E-state index contributed by atoms with van der Waals surface area (Å²) in [5.41, 5.74) is 0. The minimum absolute atomic E-state index is 0.139. The fourth-order valence-corrected chi connectivity index (χ4v) is 2.15. The molecule has 1 atom stereocenters. The molecule has 0 saturated heterocycles. The average Bonchev–Trinajstić information content (AvgIpc) is 2.88. The van der Waals surface area contributed by atoms with Gasteiger partial charge < -0.3 is 48.5 Å². The molecule has 0 fully saturated rings. The SMILES string of the molecule is CCC(=O)OC[C@H](COC(=O)NCCOCCOCCNC(=O)OCCOCCOC)OC(=O)CC. The molecule has 0 saturated carbocycles. The first-order chi connectivity index (χ1) is 17.4. The summed E-state index contributed by atoms with van der Waals surface area (Å²) in [7, 11) is 1.57. The van der Waals surface area contributed by atoms with Crippen LogP contribution in [-0.2, 0) is 47.5 Å². The topological polar surface area (TPSA) is 166 Å². The molecule has 14 heteroatoms. The van der Waals surface area contributed by atoms with Gasteiger partial charge in [-0.05, 0) is 0 Å². The molecule has 0 aliphatic rings. The fourth-order valence-electron chi connectivity index (χ4n) is 2.15.